The minimum atomic E-state index is -0.829. The van der Waals surface area contributed by atoms with Crippen LogP contribution in [0.15, 0.2) is 36.4 Å². The molecule has 0 unspecified atom stereocenters. The Bertz CT molecular complexity index is 655. The van der Waals surface area contributed by atoms with Crippen LogP contribution in [0.1, 0.15) is 56.6 Å². The number of Topliss-reactive ketones (excluding diaryl/α,β-unsaturated/α-hetero) is 1. The minimum absolute atomic E-state index is 0.00191. The van der Waals surface area contributed by atoms with Crippen molar-refractivity contribution in [3.8, 4) is 0 Å². The summed E-state index contributed by atoms with van der Waals surface area (Å²) >= 11 is 5.85. The van der Waals surface area contributed by atoms with E-state index in [0.717, 1.165) is 19.3 Å². The first-order valence-electron chi connectivity index (χ1n) is 9.43. The monoisotopic (exact) mass is 394 g/mol. The summed E-state index contributed by atoms with van der Waals surface area (Å²) in [7, 11) is 0. The van der Waals surface area contributed by atoms with Gasteiger partial charge in [-0.25, -0.2) is 0 Å². The largest absolute Gasteiger partial charge is 0.481 e. The molecule has 1 fully saturated rings. The number of carbonyl (C=O) groups is 2. The molecule has 5 nitrogen and oxygen atoms in total. The molecule has 148 valence electrons. The number of unbranched alkanes of at least 4 members (excludes halogenated alkanes) is 3. The van der Waals surface area contributed by atoms with Crippen molar-refractivity contribution in [2.24, 2.45) is 11.8 Å². The van der Waals surface area contributed by atoms with Crippen molar-refractivity contribution in [1.82, 2.24) is 0 Å². The molecule has 0 bridgehead atoms. The van der Waals surface area contributed by atoms with Crippen molar-refractivity contribution in [3.63, 3.8) is 0 Å². The van der Waals surface area contributed by atoms with E-state index >= 15 is 0 Å². The van der Waals surface area contributed by atoms with E-state index in [1.807, 2.05) is 0 Å². The van der Waals surface area contributed by atoms with Crippen LogP contribution in [0.25, 0.3) is 0 Å². The lowest BCUT2D eigenvalue weighted by molar-refractivity contribution is -0.137. The molecule has 1 aromatic rings. The number of hydrogen-bond acceptors (Lipinski definition) is 4. The number of benzene rings is 1. The third kappa shape index (κ3) is 6.76. The third-order valence-electron chi connectivity index (χ3n) is 5.13. The van der Waals surface area contributed by atoms with Crippen LogP contribution in [0.5, 0.6) is 0 Å². The molecule has 1 aliphatic carbocycles. The van der Waals surface area contributed by atoms with Crippen LogP contribution in [0.3, 0.4) is 0 Å². The molecule has 27 heavy (non-hydrogen) atoms. The van der Waals surface area contributed by atoms with E-state index < -0.39 is 18.2 Å². The maximum atomic E-state index is 12.2. The second-order valence-corrected chi connectivity index (χ2v) is 7.59. The highest BCUT2D eigenvalue weighted by atomic mass is 35.5. The van der Waals surface area contributed by atoms with Crippen LogP contribution in [0.4, 0.5) is 0 Å². The second kappa shape index (κ2) is 10.6. The van der Waals surface area contributed by atoms with Crippen molar-refractivity contribution in [2.75, 3.05) is 0 Å². The van der Waals surface area contributed by atoms with Gasteiger partial charge in [-0.05, 0) is 36.5 Å². The number of rotatable bonds is 10. The average molecular weight is 395 g/mol. The number of allylic oxidation sites excluding steroid dienone is 1. The standard InChI is InChI=1S/C21H27ClO5/c22-15-9-7-14(8-10-15)18(23)12-11-17-16(19(24)13-20(17)25)5-3-1-2-4-6-21(26)27/h7-12,16-19,23-24H,1-6,13H2,(H,26,27)/t16-,17-,18-,19+/m1/s1. The maximum Gasteiger partial charge on any atom is 0.303 e. The fraction of sp³-hybridized carbons (Fsp3) is 0.524. The summed E-state index contributed by atoms with van der Waals surface area (Å²) in [6, 6.07) is 6.87. The Labute approximate surface area is 164 Å². The Balaban J connectivity index is 1.87. The van der Waals surface area contributed by atoms with E-state index in [9.17, 15) is 19.8 Å². The van der Waals surface area contributed by atoms with Crippen LogP contribution in [-0.2, 0) is 9.59 Å². The summed E-state index contributed by atoms with van der Waals surface area (Å²) in [4.78, 5) is 22.7. The number of aliphatic hydroxyl groups is 2. The van der Waals surface area contributed by atoms with Gasteiger partial charge in [-0.2, -0.15) is 0 Å². The molecule has 0 aromatic heterocycles. The van der Waals surface area contributed by atoms with Crippen molar-refractivity contribution < 1.29 is 24.9 Å². The van der Waals surface area contributed by atoms with E-state index in [2.05, 4.69) is 0 Å². The molecule has 6 heteroatoms. The zero-order chi connectivity index (χ0) is 19.8. The van der Waals surface area contributed by atoms with Crippen LogP contribution >= 0.6 is 11.6 Å². The Morgan fingerprint density at radius 3 is 2.52 bits per heavy atom. The molecule has 1 aromatic carbocycles. The van der Waals surface area contributed by atoms with Gasteiger partial charge in [-0.1, -0.05) is 55.1 Å². The molecule has 0 saturated heterocycles. The molecule has 0 spiro atoms. The number of aliphatic hydroxyl groups excluding tert-OH is 2. The van der Waals surface area contributed by atoms with E-state index in [1.54, 1.807) is 36.4 Å². The van der Waals surface area contributed by atoms with Crippen LogP contribution in [0, 0.1) is 11.8 Å². The van der Waals surface area contributed by atoms with E-state index in [0.29, 0.717) is 23.4 Å². The molecule has 0 amide bonds. The van der Waals surface area contributed by atoms with Gasteiger partial charge in [0.05, 0.1) is 12.2 Å². The predicted octanol–water partition coefficient (Wildman–Crippen LogP) is 3.92. The lowest BCUT2D eigenvalue weighted by atomic mass is 9.88. The van der Waals surface area contributed by atoms with Gasteiger partial charge in [0.1, 0.15) is 5.78 Å². The van der Waals surface area contributed by atoms with Crippen molar-refractivity contribution in [1.29, 1.82) is 0 Å². The lowest BCUT2D eigenvalue weighted by Crippen LogP contribution is -2.19. The second-order valence-electron chi connectivity index (χ2n) is 7.16. The maximum absolute atomic E-state index is 12.2. The quantitative estimate of drug-likeness (QED) is 0.413. The number of ketones is 1. The molecule has 3 N–H and O–H groups in total. The van der Waals surface area contributed by atoms with Gasteiger partial charge in [-0.15, -0.1) is 0 Å². The number of aliphatic carboxylic acids is 1. The molecule has 4 atom stereocenters. The van der Waals surface area contributed by atoms with E-state index in [-0.39, 0.29) is 30.5 Å². The predicted molar refractivity (Wildman–Crippen MR) is 104 cm³/mol. The Morgan fingerprint density at radius 2 is 1.85 bits per heavy atom. The molecular formula is C21H27ClO5. The van der Waals surface area contributed by atoms with Crippen molar-refractivity contribution >= 4 is 23.4 Å². The highest BCUT2D eigenvalue weighted by Gasteiger charge is 2.39. The summed E-state index contributed by atoms with van der Waals surface area (Å²) in [5.41, 5.74) is 0.691. The number of halogens is 1. The fourth-order valence-corrected chi connectivity index (χ4v) is 3.73. The Kier molecular flexibility index (Phi) is 8.48. The van der Waals surface area contributed by atoms with Gasteiger partial charge in [0.25, 0.3) is 0 Å². The molecule has 0 radical (unpaired) electrons. The van der Waals surface area contributed by atoms with Crippen LogP contribution in [0.2, 0.25) is 5.02 Å². The average Bonchev–Trinajstić information content (AvgIpc) is 2.89. The summed E-state index contributed by atoms with van der Waals surface area (Å²) in [6.45, 7) is 0. The molecule has 2 rings (SSSR count). The Morgan fingerprint density at radius 1 is 1.19 bits per heavy atom. The minimum Gasteiger partial charge on any atom is -0.481 e. The molecule has 1 aliphatic rings. The first kappa shape index (κ1) is 21.6. The highest BCUT2D eigenvalue weighted by Crippen LogP contribution is 2.35. The van der Waals surface area contributed by atoms with Crippen LogP contribution in [-0.4, -0.2) is 33.2 Å². The van der Waals surface area contributed by atoms with Gasteiger partial charge in [0, 0.05) is 23.8 Å². The number of hydrogen-bond donors (Lipinski definition) is 3. The summed E-state index contributed by atoms with van der Waals surface area (Å²) < 4.78 is 0. The van der Waals surface area contributed by atoms with Crippen molar-refractivity contribution in [3.05, 3.63) is 47.0 Å². The number of carboxylic acid groups (broad SMARTS) is 1. The van der Waals surface area contributed by atoms with Crippen molar-refractivity contribution in [2.45, 2.75) is 57.2 Å². The zero-order valence-electron chi connectivity index (χ0n) is 15.3. The summed E-state index contributed by atoms with van der Waals surface area (Å²) in [5.74, 6) is -1.32. The van der Waals surface area contributed by atoms with E-state index in [4.69, 9.17) is 16.7 Å². The topological polar surface area (TPSA) is 94.8 Å². The third-order valence-corrected chi connectivity index (χ3v) is 5.38. The fourth-order valence-electron chi connectivity index (χ4n) is 3.60. The lowest BCUT2D eigenvalue weighted by Gasteiger charge is -2.19. The highest BCUT2D eigenvalue weighted by molar-refractivity contribution is 6.30. The molecular weight excluding hydrogens is 368 g/mol. The van der Waals surface area contributed by atoms with Crippen LogP contribution < -0.4 is 0 Å². The Hall–Kier alpha value is -1.69. The van der Waals surface area contributed by atoms with Gasteiger partial charge in [0.15, 0.2) is 0 Å². The summed E-state index contributed by atoms with van der Waals surface area (Å²) in [5, 5.41) is 29.7. The molecule has 0 heterocycles. The van der Waals surface area contributed by atoms with E-state index in [1.165, 1.54) is 0 Å². The number of carbonyl (C=O) groups excluding carboxylic acids is 1. The number of carboxylic acids is 1. The zero-order valence-corrected chi connectivity index (χ0v) is 16.0. The molecule has 1 saturated carbocycles. The first-order valence-corrected chi connectivity index (χ1v) is 9.80. The molecule has 0 aliphatic heterocycles. The first-order chi connectivity index (χ1) is 12.9. The SMILES string of the molecule is O=C(O)CCCCCC[C@H]1[C@@H](O)CC(=O)[C@@H]1C=C[C@@H](O)c1ccc(Cl)cc1. The normalized spacial score (nSPS) is 23.8. The van der Waals surface area contributed by atoms with Gasteiger partial charge >= 0.3 is 5.97 Å². The van der Waals surface area contributed by atoms with Gasteiger partial charge < -0.3 is 15.3 Å². The van der Waals surface area contributed by atoms with Gasteiger partial charge in [0.2, 0.25) is 0 Å². The summed E-state index contributed by atoms with van der Waals surface area (Å²) in [6.07, 6.45) is 6.09. The van der Waals surface area contributed by atoms with Gasteiger partial charge in [-0.3, -0.25) is 9.59 Å². The smallest absolute Gasteiger partial charge is 0.303 e.